The van der Waals surface area contributed by atoms with Crippen LogP contribution in [-0.4, -0.2) is 12.2 Å². The van der Waals surface area contributed by atoms with E-state index in [2.05, 4.69) is 11.4 Å². The highest BCUT2D eigenvalue weighted by Gasteiger charge is 2.12. The first-order chi connectivity index (χ1) is 7.22. The molecule has 5 heteroatoms. The zero-order chi connectivity index (χ0) is 11.3. The quantitative estimate of drug-likeness (QED) is 0.823. The van der Waals surface area contributed by atoms with Gasteiger partial charge in [0, 0.05) is 11.8 Å². The Kier molecular flexibility index (Phi) is 4.66. The number of carbonyl (C=O) groups is 1. The van der Waals surface area contributed by atoms with Crippen LogP contribution in [0.25, 0.3) is 0 Å². The molecule has 0 bridgehead atoms. The summed E-state index contributed by atoms with van der Waals surface area (Å²) in [5.74, 6) is -0.0283. The van der Waals surface area contributed by atoms with Gasteiger partial charge in [0.25, 0.3) is 0 Å². The minimum atomic E-state index is -0.0283. The minimum Gasteiger partial charge on any atom is -0.324 e. The molecule has 0 saturated carbocycles. The molecule has 1 amide bonds. The van der Waals surface area contributed by atoms with Crippen LogP contribution in [0, 0.1) is 11.3 Å². The molecule has 0 atom stereocenters. The number of nitrogens with one attached hydrogen (secondary N) is 1. The first kappa shape index (κ1) is 12.1. The number of nitrogens with zero attached hydrogens (tertiary/aromatic N) is 1. The lowest BCUT2D eigenvalue weighted by Gasteiger charge is -2.01. The first-order valence-electron chi connectivity index (χ1n) is 4.58. The van der Waals surface area contributed by atoms with E-state index in [9.17, 15) is 4.79 Å². The lowest BCUT2D eigenvalue weighted by molar-refractivity contribution is -0.116. The van der Waals surface area contributed by atoms with Crippen molar-refractivity contribution in [2.45, 2.75) is 24.0 Å². The Labute approximate surface area is 97.5 Å². The number of carbonyl (C=O) groups excluding carboxylic acids is 1. The van der Waals surface area contributed by atoms with E-state index in [-0.39, 0.29) is 5.91 Å². The van der Waals surface area contributed by atoms with Crippen LogP contribution in [0.4, 0.5) is 5.69 Å². The van der Waals surface area contributed by atoms with Crippen molar-refractivity contribution in [3.05, 3.63) is 10.9 Å². The molecule has 3 nitrogen and oxygen atoms in total. The van der Waals surface area contributed by atoms with Crippen molar-refractivity contribution < 1.29 is 4.79 Å². The van der Waals surface area contributed by atoms with Crippen LogP contribution in [0.2, 0.25) is 0 Å². The van der Waals surface area contributed by atoms with Crippen LogP contribution >= 0.6 is 23.1 Å². The molecule has 0 saturated heterocycles. The summed E-state index contributed by atoms with van der Waals surface area (Å²) in [5, 5.41) is 13.5. The van der Waals surface area contributed by atoms with E-state index in [1.54, 1.807) is 0 Å². The van der Waals surface area contributed by atoms with Crippen LogP contribution in [-0.2, 0) is 4.79 Å². The number of hydrogen-bond acceptors (Lipinski definition) is 4. The van der Waals surface area contributed by atoms with E-state index in [0.717, 1.165) is 10.6 Å². The highest BCUT2D eigenvalue weighted by Crippen LogP contribution is 2.33. The van der Waals surface area contributed by atoms with E-state index < -0.39 is 0 Å². The van der Waals surface area contributed by atoms with E-state index in [4.69, 9.17) is 5.26 Å². The molecule has 0 aliphatic heterocycles. The van der Waals surface area contributed by atoms with Crippen molar-refractivity contribution >= 4 is 34.7 Å². The van der Waals surface area contributed by atoms with Crippen molar-refractivity contribution in [1.29, 1.82) is 5.26 Å². The molecular weight excluding hydrogens is 228 g/mol. The number of anilines is 1. The SMILES string of the molecule is CCCC(=O)Nc1csc(SC)c1C#N. The predicted octanol–water partition coefficient (Wildman–Crippen LogP) is 3.08. The van der Waals surface area contributed by atoms with Crippen molar-refractivity contribution in [2.24, 2.45) is 0 Å². The summed E-state index contributed by atoms with van der Waals surface area (Å²) in [4.78, 5) is 11.4. The van der Waals surface area contributed by atoms with Gasteiger partial charge in [-0.1, -0.05) is 6.92 Å². The number of thiophene rings is 1. The van der Waals surface area contributed by atoms with Gasteiger partial charge in [-0.2, -0.15) is 5.26 Å². The van der Waals surface area contributed by atoms with Gasteiger partial charge in [0.15, 0.2) is 0 Å². The second-order valence-corrected chi connectivity index (χ2v) is 4.88. The number of rotatable bonds is 4. The van der Waals surface area contributed by atoms with Gasteiger partial charge in [-0.05, 0) is 12.7 Å². The molecule has 1 rings (SSSR count). The maximum absolute atomic E-state index is 11.4. The molecule has 0 radical (unpaired) electrons. The van der Waals surface area contributed by atoms with E-state index in [1.165, 1.54) is 23.1 Å². The summed E-state index contributed by atoms with van der Waals surface area (Å²) in [6.07, 6.45) is 3.23. The number of amides is 1. The van der Waals surface area contributed by atoms with Crippen LogP contribution in [0.3, 0.4) is 0 Å². The van der Waals surface area contributed by atoms with Gasteiger partial charge in [-0.3, -0.25) is 4.79 Å². The van der Waals surface area contributed by atoms with Crippen LogP contribution < -0.4 is 5.32 Å². The molecule has 1 aromatic heterocycles. The maximum atomic E-state index is 11.4. The third kappa shape index (κ3) is 2.98. The molecule has 15 heavy (non-hydrogen) atoms. The molecule has 1 heterocycles. The van der Waals surface area contributed by atoms with Gasteiger partial charge in [0.2, 0.25) is 5.91 Å². The highest BCUT2D eigenvalue weighted by atomic mass is 32.2. The van der Waals surface area contributed by atoms with E-state index in [0.29, 0.717) is 17.7 Å². The fourth-order valence-electron chi connectivity index (χ4n) is 1.13. The zero-order valence-corrected chi connectivity index (χ0v) is 10.3. The van der Waals surface area contributed by atoms with Crippen molar-refractivity contribution in [2.75, 3.05) is 11.6 Å². The van der Waals surface area contributed by atoms with Crippen LogP contribution in [0.1, 0.15) is 25.3 Å². The fourth-order valence-corrected chi connectivity index (χ4v) is 2.69. The van der Waals surface area contributed by atoms with E-state index in [1.807, 2.05) is 18.6 Å². The number of nitriles is 1. The minimum absolute atomic E-state index is 0.0283. The second-order valence-electron chi connectivity index (χ2n) is 2.93. The molecular formula is C10H12N2OS2. The Morgan fingerprint density at radius 1 is 1.73 bits per heavy atom. The van der Waals surface area contributed by atoms with Gasteiger partial charge in [-0.15, -0.1) is 23.1 Å². The zero-order valence-electron chi connectivity index (χ0n) is 8.66. The Hall–Kier alpha value is -0.990. The highest BCUT2D eigenvalue weighted by molar-refractivity contribution is 8.00. The molecule has 0 aromatic carbocycles. The smallest absolute Gasteiger partial charge is 0.224 e. The Morgan fingerprint density at radius 3 is 3.00 bits per heavy atom. The number of hydrogen-bond donors (Lipinski definition) is 1. The average molecular weight is 240 g/mol. The molecule has 0 aliphatic rings. The van der Waals surface area contributed by atoms with Crippen LogP contribution in [0.5, 0.6) is 0 Å². The lowest BCUT2D eigenvalue weighted by Crippen LogP contribution is -2.10. The summed E-state index contributed by atoms with van der Waals surface area (Å²) in [6, 6.07) is 2.12. The Balaban J connectivity index is 2.82. The third-order valence-corrected chi connectivity index (χ3v) is 3.94. The molecule has 0 fully saturated rings. The largest absolute Gasteiger partial charge is 0.324 e. The summed E-state index contributed by atoms with van der Waals surface area (Å²) in [5.41, 5.74) is 1.22. The first-order valence-corrected chi connectivity index (χ1v) is 6.68. The second kappa shape index (κ2) is 5.79. The summed E-state index contributed by atoms with van der Waals surface area (Å²) in [6.45, 7) is 1.95. The molecule has 1 aromatic rings. The third-order valence-electron chi connectivity index (χ3n) is 1.81. The normalized spacial score (nSPS) is 9.67. The van der Waals surface area contributed by atoms with Gasteiger partial charge in [0.1, 0.15) is 6.07 Å². The number of thioether (sulfide) groups is 1. The monoisotopic (exact) mass is 240 g/mol. The molecule has 80 valence electrons. The molecule has 0 unspecified atom stereocenters. The molecule has 0 spiro atoms. The molecule has 1 N–H and O–H groups in total. The summed E-state index contributed by atoms with van der Waals surface area (Å²) >= 11 is 3.01. The average Bonchev–Trinajstić information content (AvgIpc) is 2.60. The van der Waals surface area contributed by atoms with Gasteiger partial charge >= 0.3 is 0 Å². The Morgan fingerprint density at radius 2 is 2.47 bits per heavy atom. The van der Waals surface area contributed by atoms with Crippen LogP contribution in [0.15, 0.2) is 9.59 Å². The fraction of sp³-hybridized carbons (Fsp3) is 0.400. The topological polar surface area (TPSA) is 52.9 Å². The van der Waals surface area contributed by atoms with Crippen molar-refractivity contribution in [3.8, 4) is 6.07 Å². The summed E-state index contributed by atoms with van der Waals surface area (Å²) < 4.78 is 0.948. The summed E-state index contributed by atoms with van der Waals surface area (Å²) in [7, 11) is 0. The predicted molar refractivity (Wildman–Crippen MR) is 64.4 cm³/mol. The van der Waals surface area contributed by atoms with Crippen molar-refractivity contribution in [1.82, 2.24) is 0 Å². The Bertz CT molecular complexity index is 393. The maximum Gasteiger partial charge on any atom is 0.224 e. The van der Waals surface area contributed by atoms with Crippen molar-refractivity contribution in [3.63, 3.8) is 0 Å². The van der Waals surface area contributed by atoms with Gasteiger partial charge < -0.3 is 5.32 Å². The van der Waals surface area contributed by atoms with Gasteiger partial charge in [0.05, 0.1) is 15.5 Å². The van der Waals surface area contributed by atoms with Gasteiger partial charge in [-0.25, -0.2) is 0 Å². The molecule has 0 aliphatic carbocycles. The lowest BCUT2D eigenvalue weighted by atomic mass is 10.3. The standard InChI is InChI=1S/C10H12N2OS2/c1-3-4-9(13)12-8-6-15-10(14-2)7(8)5-11/h6H,3-4H2,1-2H3,(H,12,13). The van der Waals surface area contributed by atoms with E-state index >= 15 is 0 Å².